The second-order valence-corrected chi connectivity index (χ2v) is 9.13. The van der Waals surface area contributed by atoms with Crippen LogP contribution in [-0.4, -0.2) is 25.0 Å². The predicted molar refractivity (Wildman–Crippen MR) is 130 cm³/mol. The summed E-state index contributed by atoms with van der Waals surface area (Å²) in [5.41, 5.74) is 4.13. The van der Waals surface area contributed by atoms with Crippen molar-refractivity contribution in [2.24, 2.45) is 0 Å². The lowest BCUT2D eigenvalue weighted by Gasteiger charge is -2.10. The van der Waals surface area contributed by atoms with Gasteiger partial charge in [-0.25, -0.2) is 9.97 Å². The number of nitriles is 1. The molecule has 0 saturated heterocycles. The van der Waals surface area contributed by atoms with Gasteiger partial charge >= 0.3 is 0 Å². The molecule has 0 saturated carbocycles. The Morgan fingerprint density at radius 1 is 0.971 bits per heavy atom. The van der Waals surface area contributed by atoms with Crippen molar-refractivity contribution in [3.8, 4) is 17.3 Å². The number of nitrogens with zero attached hydrogens (tertiary/aromatic N) is 3. The topological polar surface area (TPSA) is 105 Å². The molecular formula is C26H22N4O3S. The summed E-state index contributed by atoms with van der Waals surface area (Å²) in [7, 11) is -3.79. The lowest BCUT2D eigenvalue weighted by atomic mass is 10.1. The summed E-state index contributed by atoms with van der Waals surface area (Å²) in [4.78, 5) is 8.93. The van der Waals surface area contributed by atoms with Gasteiger partial charge in [-0.05, 0) is 42.7 Å². The maximum absolute atomic E-state index is 12.4. The number of hydrogen-bond donors (Lipinski definition) is 1. The average molecular weight is 471 g/mol. The summed E-state index contributed by atoms with van der Waals surface area (Å²) in [5, 5.41) is 12.5. The van der Waals surface area contributed by atoms with Crippen LogP contribution in [0.3, 0.4) is 0 Å². The monoisotopic (exact) mass is 470 g/mol. The van der Waals surface area contributed by atoms with Gasteiger partial charge in [0.05, 0.1) is 29.0 Å². The molecule has 34 heavy (non-hydrogen) atoms. The molecule has 0 aliphatic heterocycles. The minimum atomic E-state index is -3.79. The Bertz CT molecular complexity index is 1430. The van der Waals surface area contributed by atoms with E-state index in [4.69, 9.17) is 4.18 Å². The summed E-state index contributed by atoms with van der Waals surface area (Å²) in [6.07, 6.45) is 1.94. The van der Waals surface area contributed by atoms with Crippen molar-refractivity contribution in [3.05, 3.63) is 102 Å². The Hall–Kier alpha value is -4.06. The molecule has 0 unspecified atom stereocenters. The normalized spacial score (nSPS) is 11.1. The van der Waals surface area contributed by atoms with Crippen LogP contribution in [0.4, 0.5) is 11.6 Å². The van der Waals surface area contributed by atoms with Gasteiger partial charge in [-0.1, -0.05) is 60.7 Å². The van der Waals surface area contributed by atoms with E-state index in [1.54, 1.807) is 31.2 Å². The fourth-order valence-corrected chi connectivity index (χ4v) is 4.53. The third-order valence-corrected chi connectivity index (χ3v) is 6.63. The highest BCUT2D eigenvalue weighted by molar-refractivity contribution is 7.86. The van der Waals surface area contributed by atoms with Crippen molar-refractivity contribution in [3.63, 3.8) is 0 Å². The van der Waals surface area contributed by atoms with Gasteiger partial charge in [0.2, 0.25) is 5.95 Å². The Morgan fingerprint density at radius 2 is 1.68 bits per heavy atom. The van der Waals surface area contributed by atoms with Gasteiger partial charge in [0.15, 0.2) is 0 Å². The summed E-state index contributed by atoms with van der Waals surface area (Å²) < 4.78 is 30.0. The first-order valence-electron chi connectivity index (χ1n) is 10.6. The molecule has 0 spiro atoms. The van der Waals surface area contributed by atoms with Crippen LogP contribution in [0.2, 0.25) is 0 Å². The molecule has 0 atom stereocenters. The molecule has 1 heterocycles. The van der Waals surface area contributed by atoms with E-state index >= 15 is 0 Å². The number of aromatic nitrogens is 2. The zero-order valence-electron chi connectivity index (χ0n) is 18.5. The number of hydrogen-bond acceptors (Lipinski definition) is 7. The van der Waals surface area contributed by atoms with Crippen LogP contribution in [0.15, 0.2) is 90.0 Å². The molecule has 0 aliphatic carbocycles. The van der Waals surface area contributed by atoms with E-state index in [9.17, 15) is 13.7 Å². The van der Waals surface area contributed by atoms with Crippen molar-refractivity contribution in [1.82, 2.24) is 9.97 Å². The van der Waals surface area contributed by atoms with Crippen LogP contribution < -0.4 is 5.32 Å². The quantitative estimate of drug-likeness (QED) is 0.361. The van der Waals surface area contributed by atoms with E-state index in [0.29, 0.717) is 29.2 Å². The third kappa shape index (κ3) is 5.46. The average Bonchev–Trinajstić information content (AvgIpc) is 2.86. The van der Waals surface area contributed by atoms with Crippen LogP contribution in [0, 0.1) is 18.3 Å². The minimum absolute atomic E-state index is 0.0443. The Labute approximate surface area is 198 Å². The molecule has 7 nitrogen and oxygen atoms in total. The number of benzene rings is 3. The molecule has 0 fully saturated rings. The van der Waals surface area contributed by atoms with Crippen LogP contribution in [0.25, 0.3) is 11.3 Å². The Kier molecular flexibility index (Phi) is 6.97. The summed E-state index contributed by atoms with van der Waals surface area (Å²) in [6, 6.07) is 25.8. The number of nitrogens with one attached hydrogen (secondary N) is 1. The fraction of sp³-hybridized carbons (Fsp3) is 0.115. The molecule has 1 N–H and O–H groups in total. The molecule has 0 bridgehead atoms. The Balaban J connectivity index is 1.40. The molecule has 4 rings (SSSR count). The molecule has 3 aromatic carbocycles. The second kappa shape index (κ2) is 10.3. The molecule has 0 aliphatic rings. The standard InChI is InChI=1S/C26H22N4O3S/c1-19-7-5-6-10-24(19)34(31,32)33-16-15-20-11-13-23(14-12-20)29-26-28-18-22(17-27)25(30-26)21-8-3-2-4-9-21/h2-14,18H,15-16H2,1H3,(H,28,29,30). The van der Waals surface area contributed by atoms with Crippen molar-refractivity contribution in [2.75, 3.05) is 11.9 Å². The molecule has 8 heteroatoms. The largest absolute Gasteiger partial charge is 0.324 e. The number of anilines is 2. The summed E-state index contributed by atoms with van der Waals surface area (Å²) in [6.45, 7) is 1.78. The summed E-state index contributed by atoms with van der Waals surface area (Å²) >= 11 is 0. The van der Waals surface area contributed by atoms with E-state index in [1.165, 1.54) is 6.20 Å². The first-order valence-corrected chi connectivity index (χ1v) is 12.0. The maximum Gasteiger partial charge on any atom is 0.297 e. The third-order valence-electron chi connectivity index (χ3n) is 5.16. The van der Waals surface area contributed by atoms with Gasteiger partial charge < -0.3 is 5.32 Å². The van der Waals surface area contributed by atoms with Gasteiger partial charge in [-0.2, -0.15) is 13.7 Å². The molecule has 170 valence electrons. The van der Waals surface area contributed by atoms with Crippen LogP contribution >= 0.6 is 0 Å². The van der Waals surface area contributed by atoms with E-state index in [1.807, 2.05) is 54.6 Å². The van der Waals surface area contributed by atoms with E-state index in [2.05, 4.69) is 21.4 Å². The molecule has 1 aromatic heterocycles. The van der Waals surface area contributed by atoms with E-state index in [0.717, 1.165) is 16.8 Å². The highest BCUT2D eigenvalue weighted by Crippen LogP contribution is 2.23. The lowest BCUT2D eigenvalue weighted by Crippen LogP contribution is -2.10. The van der Waals surface area contributed by atoms with E-state index in [-0.39, 0.29) is 11.5 Å². The molecule has 4 aromatic rings. The second-order valence-electron chi connectivity index (χ2n) is 7.55. The predicted octanol–water partition coefficient (Wildman–Crippen LogP) is 5.02. The highest BCUT2D eigenvalue weighted by atomic mass is 32.2. The van der Waals surface area contributed by atoms with Crippen molar-refractivity contribution in [1.29, 1.82) is 5.26 Å². The smallest absolute Gasteiger partial charge is 0.297 e. The van der Waals surface area contributed by atoms with Crippen LogP contribution in [-0.2, 0) is 20.7 Å². The van der Waals surface area contributed by atoms with Crippen molar-refractivity contribution < 1.29 is 12.6 Å². The highest BCUT2D eigenvalue weighted by Gasteiger charge is 2.17. The zero-order chi connectivity index (χ0) is 24.0. The molecular weight excluding hydrogens is 448 g/mol. The molecule has 0 amide bonds. The lowest BCUT2D eigenvalue weighted by molar-refractivity contribution is 0.322. The fourth-order valence-electron chi connectivity index (χ4n) is 3.39. The maximum atomic E-state index is 12.4. The van der Waals surface area contributed by atoms with Gasteiger partial charge in [0, 0.05) is 11.3 Å². The van der Waals surface area contributed by atoms with Crippen LogP contribution in [0.5, 0.6) is 0 Å². The van der Waals surface area contributed by atoms with Crippen molar-refractivity contribution in [2.45, 2.75) is 18.2 Å². The minimum Gasteiger partial charge on any atom is -0.324 e. The molecule has 0 radical (unpaired) electrons. The van der Waals surface area contributed by atoms with Crippen LogP contribution in [0.1, 0.15) is 16.7 Å². The first kappa shape index (κ1) is 23.1. The van der Waals surface area contributed by atoms with Gasteiger partial charge in [0.1, 0.15) is 6.07 Å². The van der Waals surface area contributed by atoms with Gasteiger partial charge in [-0.15, -0.1) is 0 Å². The number of rotatable bonds is 8. The zero-order valence-corrected chi connectivity index (χ0v) is 19.3. The van der Waals surface area contributed by atoms with E-state index < -0.39 is 10.1 Å². The SMILES string of the molecule is Cc1ccccc1S(=O)(=O)OCCc1ccc(Nc2ncc(C#N)c(-c3ccccc3)n2)cc1. The van der Waals surface area contributed by atoms with Gasteiger partial charge in [-0.3, -0.25) is 4.18 Å². The van der Waals surface area contributed by atoms with Gasteiger partial charge in [0.25, 0.3) is 10.1 Å². The Morgan fingerprint density at radius 3 is 2.38 bits per heavy atom. The first-order chi connectivity index (χ1) is 16.5. The number of aryl methyl sites for hydroxylation is 1. The van der Waals surface area contributed by atoms with Crippen molar-refractivity contribution >= 4 is 21.8 Å². The summed E-state index contributed by atoms with van der Waals surface area (Å²) in [5.74, 6) is 0.373.